The van der Waals surface area contributed by atoms with Crippen LogP contribution in [0.2, 0.25) is 0 Å². The van der Waals surface area contributed by atoms with Gasteiger partial charge in [0.25, 0.3) is 0 Å². The van der Waals surface area contributed by atoms with E-state index in [4.69, 9.17) is 0 Å². The van der Waals surface area contributed by atoms with Crippen LogP contribution in [0, 0.1) is 25.7 Å². The maximum Gasteiger partial charge on any atom is 0.242 e. The van der Waals surface area contributed by atoms with Crippen LogP contribution in [0.1, 0.15) is 44.0 Å². The first kappa shape index (κ1) is 12.3. The van der Waals surface area contributed by atoms with Crippen LogP contribution in [0.25, 0.3) is 0 Å². The zero-order valence-electron chi connectivity index (χ0n) is 11.0. The summed E-state index contributed by atoms with van der Waals surface area (Å²) in [6, 6.07) is 0. The van der Waals surface area contributed by atoms with Gasteiger partial charge in [-0.1, -0.05) is 19.8 Å². The van der Waals surface area contributed by atoms with E-state index < -0.39 is 0 Å². The molecule has 94 valence electrons. The molecular weight excluding hydrogens is 212 g/mol. The van der Waals surface area contributed by atoms with Crippen molar-refractivity contribution >= 4 is 5.95 Å². The van der Waals surface area contributed by atoms with Gasteiger partial charge in [0.1, 0.15) is 0 Å². The van der Waals surface area contributed by atoms with Crippen molar-refractivity contribution < 1.29 is 0 Å². The Kier molecular flexibility index (Phi) is 3.92. The largest absolute Gasteiger partial charge is 0.353 e. The molecular formula is C13H22N4. The number of hydrogen-bond acceptors (Lipinski definition) is 4. The SMILES string of the molecule is Cc1nnc(NCC2CCC(C)CC2)nc1C. The van der Waals surface area contributed by atoms with Crippen molar-refractivity contribution in [1.29, 1.82) is 0 Å². The van der Waals surface area contributed by atoms with Gasteiger partial charge in [0.2, 0.25) is 5.95 Å². The lowest BCUT2D eigenvalue weighted by atomic mass is 9.83. The second-order valence-electron chi connectivity index (χ2n) is 5.31. The maximum atomic E-state index is 4.39. The van der Waals surface area contributed by atoms with E-state index in [2.05, 4.69) is 27.4 Å². The van der Waals surface area contributed by atoms with Crippen LogP contribution in [-0.4, -0.2) is 21.7 Å². The number of aryl methyl sites for hydroxylation is 2. The molecule has 2 rings (SSSR count). The van der Waals surface area contributed by atoms with E-state index in [1.54, 1.807) is 0 Å². The third kappa shape index (κ3) is 3.38. The number of hydrogen-bond donors (Lipinski definition) is 1. The minimum Gasteiger partial charge on any atom is -0.353 e. The molecule has 0 radical (unpaired) electrons. The molecule has 1 aromatic rings. The van der Waals surface area contributed by atoms with E-state index in [0.717, 1.165) is 29.8 Å². The summed E-state index contributed by atoms with van der Waals surface area (Å²) in [5, 5.41) is 11.5. The van der Waals surface area contributed by atoms with Crippen LogP contribution < -0.4 is 5.32 Å². The Morgan fingerprint density at radius 3 is 2.41 bits per heavy atom. The van der Waals surface area contributed by atoms with Crippen molar-refractivity contribution in [3.05, 3.63) is 11.4 Å². The van der Waals surface area contributed by atoms with E-state index in [1.165, 1.54) is 25.7 Å². The highest BCUT2D eigenvalue weighted by molar-refractivity contribution is 5.24. The number of anilines is 1. The quantitative estimate of drug-likeness (QED) is 0.873. The third-order valence-corrected chi connectivity index (χ3v) is 3.78. The Bertz CT molecular complexity index is 370. The van der Waals surface area contributed by atoms with Gasteiger partial charge in [-0.25, -0.2) is 4.98 Å². The van der Waals surface area contributed by atoms with E-state index in [9.17, 15) is 0 Å². The van der Waals surface area contributed by atoms with Gasteiger partial charge in [0.15, 0.2) is 0 Å². The molecule has 1 saturated carbocycles. The second-order valence-corrected chi connectivity index (χ2v) is 5.31. The highest BCUT2D eigenvalue weighted by atomic mass is 15.2. The summed E-state index contributed by atoms with van der Waals surface area (Å²) < 4.78 is 0. The molecule has 0 saturated heterocycles. The van der Waals surface area contributed by atoms with Crippen LogP contribution in [-0.2, 0) is 0 Å². The highest BCUT2D eigenvalue weighted by Crippen LogP contribution is 2.28. The van der Waals surface area contributed by atoms with Gasteiger partial charge in [-0.05, 0) is 38.5 Å². The molecule has 1 N–H and O–H groups in total. The molecule has 0 aliphatic heterocycles. The van der Waals surface area contributed by atoms with Crippen molar-refractivity contribution in [3.63, 3.8) is 0 Å². The molecule has 1 aliphatic carbocycles. The van der Waals surface area contributed by atoms with Crippen molar-refractivity contribution in [1.82, 2.24) is 15.2 Å². The molecule has 0 atom stereocenters. The number of nitrogens with zero attached hydrogens (tertiary/aromatic N) is 3. The van der Waals surface area contributed by atoms with Gasteiger partial charge in [0.05, 0.1) is 11.4 Å². The molecule has 1 aromatic heterocycles. The summed E-state index contributed by atoms with van der Waals surface area (Å²) >= 11 is 0. The lowest BCUT2D eigenvalue weighted by molar-refractivity contribution is 0.300. The number of aromatic nitrogens is 3. The maximum absolute atomic E-state index is 4.39. The second kappa shape index (κ2) is 5.43. The Labute approximate surface area is 103 Å². The first-order valence-corrected chi connectivity index (χ1v) is 6.57. The summed E-state index contributed by atoms with van der Waals surface area (Å²) in [7, 11) is 0. The predicted molar refractivity (Wildman–Crippen MR) is 68.9 cm³/mol. The lowest BCUT2D eigenvalue weighted by Crippen LogP contribution is -2.21. The normalized spacial score (nSPS) is 24.6. The molecule has 0 bridgehead atoms. The van der Waals surface area contributed by atoms with Gasteiger partial charge in [0, 0.05) is 6.54 Å². The van der Waals surface area contributed by atoms with Crippen molar-refractivity contribution in [2.45, 2.75) is 46.5 Å². The fraction of sp³-hybridized carbons (Fsp3) is 0.769. The first-order chi connectivity index (χ1) is 8.15. The molecule has 0 aromatic carbocycles. The molecule has 4 heteroatoms. The zero-order chi connectivity index (χ0) is 12.3. The van der Waals surface area contributed by atoms with E-state index in [1.807, 2.05) is 13.8 Å². The van der Waals surface area contributed by atoms with Gasteiger partial charge >= 0.3 is 0 Å². The molecule has 1 fully saturated rings. The topological polar surface area (TPSA) is 50.7 Å². The minimum atomic E-state index is 0.673. The summed E-state index contributed by atoms with van der Waals surface area (Å²) in [4.78, 5) is 4.39. The van der Waals surface area contributed by atoms with Crippen LogP contribution in [0.3, 0.4) is 0 Å². The average Bonchev–Trinajstić information content (AvgIpc) is 2.33. The summed E-state index contributed by atoms with van der Waals surface area (Å²) in [5.74, 6) is 2.36. The van der Waals surface area contributed by atoms with Gasteiger partial charge in [-0.15, -0.1) is 5.10 Å². The number of rotatable bonds is 3. The highest BCUT2D eigenvalue weighted by Gasteiger charge is 2.18. The molecule has 1 aliphatic rings. The summed E-state index contributed by atoms with van der Waals surface area (Å²) in [6.45, 7) is 7.23. The summed E-state index contributed by atoms with van der Waals surface area (Å²) in [6.07, 6.45) is 5.37. The van der Waals surface area contributed by atoms with E-state index in [0.29, 0.717) is 5.95 Å². The van der Waals surface area contributed by atoms with Gasteiger partial charge in [-0.3, -0.25) is 0 Å². The van der Waals surface area contributed by atoms with Crippen LogP contribution in [0.5, 0.6) is 0 Å². The molecule has 0 spiro atoms. The number of nitrogens with one attached hydrogen (secondary N) is 1. The predicted octanol–water partition coefficient (Wildman–Crippen LogP) is 2.73. The van der Waals surface area contributed by atoms with Crippen molar-refractivity contribution in [2.24, 2.45) is 11.8 Å². The molecule has 1 heterocycles. The third-order valence-electron chi connectivity index (χ3n) is 3.78. The van der Waals surface area contributed by atoms with Gasteiger partial charge in [-0.2, -0.15) is 5.10 Å². The monoisotopic (exact) mass is 234 g/mol. The molecule has 17 heavy (non-hydrogen) atoms. The Morgan fingerprint density at radius 1 is 1.06 bits per heavy atom. The van der Waals surface area contributed by atoms with Crippen LogP contribution in [0.4, 0.5) is 5.95 Å². The molecule has 0 amide bonds. The molecule has 4 nitrogen and oxygen atoms in total. The van der Waals surface area contributed by atoms with Crippen molar-refractivity contribution in [2.75, 3.05) is 11.9 Å². The average molecular weight is 234 g/mol. The zero-order valence-corrected chi connectivity index (χ0v) is 11.0. The smallest absolute Gasteiger partial charge is 0.242 e. The Morgan fingerprint density at radius 2 is 1.76 bits per heavy atom. The van der Waals surface area contributed by atoms with Crippen molar-refractivity contribution in [3.8, 4) is 0 Å². The fourth-order valence-electron chi connectivity index (χ4n) is 2.30. The Balaban J connectivity index is 1.83. The summed E-state index contributed by atoms with van der Waals surface area (Å²) in [5.41, 5.74) is 1.86. The fourth-order valence-corrected chi connectivity index (χ4v) is 2.30. The lowest BCUT2D eigenvalue weighted by Gasteiger charge is -2.26. The van der Waals surface area contributed by atoms with Gasteiger partial charge < -0.3 is 5.32 Å². The molecule has 0 unspecified atom stereocenters. The van der Waals surface area contributed by atoms with E-state index >= 15 is 0 Å². The van der Waals surface area contributed by atoms with Crippen LogP contribution >= 0.6 is 0 Å². The minimum absolute atomic E-state index is 0.673. The van der Waals surface area contributed by atoms with Crippen LogP contribution in [0.15, 0.2) is 0 Å². The Hall–Kier alpha value is -1.19. The first-order valence-electron chi connectivity index (χ1n) is 6.57. The standard InChI is InChI=1S/C13H22N4/c1-9-4-6-12(7-5-9)8-14-13-15-10(2)11(3)16-17-13/h9,12H,4-8H2,1-3H3,(H,14,15,17). The van der Waals surface area contributed by atoms with E-state index in [-0.39, 0.29) is 0 Å².